The summed E-state index contributed by atoms with van der Waals surface area (Å²) < 4.78 is 21.0. The third-order valence-electron chi connectivity index (χ3n) is 3.81. The lowest BCUT2D eigenvalue weighted by Gasteiger charge is -2.07. The minimum atomic E-state index is -0.520. The fourth-order valence-corrected chi connectivity index (χ4v) is 2.49. The molecule has 7 nitrogen and oxygen atoms in total. The molecule has 3 rings (SSSR count). The molecule has 1 aromatic carbocycles. The van der Waals surface area contributed by atoms with Crippen LogP contribution >= 0.6 is 0 Å². The quantitative estimate of drug-likeness (QED) is 0.733. The van der Waals surface area contributed by atoms with Crippen LogP contribution in [0.4, 0.5) is 4.39 Å². The van der Waals surface area contributed by atoms with E-state index in [0.717, 1.165) is 6.07 Å². The van der Waals surface area contributed by atoms with E-state index in [1.165, 1.54) is 19.2 Å². The minimum absolute atomic E-state index is 0.0768. The van der Waals surface area contributed by atoms with E-state index in [4.69, 9.17) is 4.42 Å². The summed E-state index contributed by atoms with van der Waals surface area (Å²) in [6.45, 7) is 0.0768. The van der Waals surface area contributed by atoms with E-state index in [0.29, 0.717) is 17.0 Å². The Balaban J connectivity index is 1.74. The third-order valence-corrected chi connectivity index (χ3v) is 3.81. The fraction of sp³-hybridized carbons (Fsp3) is 0.167. The summed E-state index contributed by atoms with van der Waals surface area (Å²) in [5, 5.41) is 5.09. The van der Waals surface area contributed by atoms with E-state index >= 15 is 0 Å². The van der Waals surface area contributed by atoms with Crippen LogP contribution in [0.1, 0.15) is 26.7 Å². The van der Waals surface area contributed by atoms with E-state index in [-0.39, 0.29) is 23.8 Å². The number of carbonyl (C=O) groups excluding carboxylic acids is 2. The Bertz CT molecular complexity index is 961. The van der Waals surface area contributed by atoms with Gasteiger partial charge in [0.15, 0.2) is 5.76 Å². The van der Waals surface area contributed by atoms with Crippen molar-refractivity contribution >= 4 is 11.8 Å². The fourth-order valence-electron chi connectivity index (χ4n) is 2.49. The zero-order chi connectivity index (χ0) is 18.7. The van der Waals surface area contributed by atoms with Gasteiger partial charge in [-0.15, -0.1) is 0 Å². The highest BCUT2D eigenvalue weighted by molar-refractivity contribution is 5.95. The molecular formula is C18H17FN4O3. The Kier molecular flexibility index (Phi) is 4.83. The van der Waals surface area contributed by atoms with Crippen molar-refractivity contribution in [3.8, 4) is 11.3 Å². The molecule has 2 N–H and O–H groups in total. The monoisotopic (exact) mass is 356 g/mol. The summed E-state index contributed by atoms with van der Waals surface area (Å²) in [7, 11) is 3.28. The normalized spacial score (nSPS) is 10.6. The molecule has 0 fully saturated rings. The van der Waals surface area contributed by atoms with Gasteiger partial charge in [0.05, 0.1) is 24.8 Å². The zero-order valence-corrected chi connectivity index (χ0v) is 14.2. The molecule has 0 aliphatic heterocycles. The number of nitrogens with zero attached hydrogens (tertiary/aromatic N) is 2. The van der Waals surface area contributed by atoms with E-state index < -0.39 is 11.7 Å². The first kappa shape index (κ1) is 17.4. The van der Waals surface area contributed by atoms with Crippen LogP contribution in [0.2, 0.25) is 0 Å². The van der Waals surface area contributed by atoms with Gasteiger partial charge < -0.3 is 19.6 Å². The molecule has 2 heterocycles. The molecule has 0 atom stereocenters. The molecule has 0 aliphatic rings. The largest absolute Gasteiger partial charge is 0.454 e. The summed E-state index contributed by atoms with van der Waals surface area (Å²) in [4.78, 5) is 27.8. The van der Waals surface area contributed by atoms with Crippen LogP contribution in [0.3, 0.4) is 0 Å². The smallest absolute Gasteiger partial charge is 0.286 e. The maximum absolute atomic E-state index is 13.9. The van der Waals surface area contributed by atoms with Gasteiger partial charge in [-0.3, -0.25) is 9.59 Å². The number of carbonyl (C=O) groups is 2. The molecule has 0 saturated heterocycles. The highest BCUT2D eigenvalue weighted by atomic mass is 19.1. The highest BCUT2D eigenvalue weighted by Gasteiger charge is 2.13. The molecule has 8 heteroatoms. The number of furan rings is 1. The molecule has 0 aliphatic carbocycles. The Hall–Kier alpha value is -3.42. The number of amides is 2. The predicted octanol–water partition coefficient (Wildman–Crippen LogP) is 2.11. The van der Waals surface area contributed by atoms with Crippen LogP contribution < -0.4 is 10.6 Å². The van der Waals surface area contributed by atoms with Crippen LogP contribution in [-0.2, 0) is 13.6 Å². The van der Waals surface area contributed by atoms with Gasteiger partial charge in [-0.05, 0) is 30.3 Å². The van der Waals surface area contributed by atoms with Crippen LogP contribution in [0, 0.1) is 5.82 Å². The van der Waals surface area contributed by atoms with E-state index in [1.54, 1.807) is 36.3 Å². The van der Waals surface area contributed by atoms with Crippen LogP contribution in [0.5, 0.6) is 0 Å². The summed E-state index contributed by atoms with van der Waals surface area (Å²) in [5.74, 6) is -0.755. The van der Waals surface area contributed by atoms with Gasteiger partial charge in [0, 0.05) is 25.2 Å². The zero-order valence-electron chi connectivity index (χ0n) is 14.2. The summed E-state index contributed by atoms with van der Waals surface area (Å²) in [6.07, 6.45) is 3.19. The van der Waals surface area contributed by atoms with Gasteiger partial charge in [-0.2, -0.15) is 0 Å². The van der Waals surface area contributed by atoms with Gasteiger partial charge in [-0.1, -0.05) is 0 Å². The molecule has 0 spiro atoms. The van der Waals surface area contributed by atoms with Crippen molar-refractivity contribution in [2.24, 2.45) is 7.05 Å². The SMILES string of the molecule is CNC(=O)c1ccc(CNC(=O)c2cc(F)cc(-c3cncn3C)c2)o1. The molecule has 0 saturated carbocycles. The van der Waals surface area contributed by atoms with Gasteiger partial charge in [-0.25, -0.2) is 9.37 Å². The molecule has 26 heavy (non-hydrogen) atoms. The molecule has 0 bridgehead atoms. The second-order valence-corrected chi connectivity index (χ2v) is 5.65. The maximum Gasteiger partial charge on any atom is 0.286 e. The summed E-state index contributed by atoms with van der Waals surface area (Å²) in [6, 6.07) is 7.21. The van der Waals surface area contributed by atoms with Crippen molar-refractivity contribution in [3.05, 3.63) is 65.8 Å². The van der Waals surface area contributed by atoms with Crippen molar-refractivity contribution in [2.75, 3.05) is 7.05 Å². The average molecular weight is 356 g/mol. The lowest BCUT2D eigenvalue weighted by Crippen LogP contribution is -2.23. The Morgan fingerprint density at radius 1 is 1.23 bits per heavy atom. The number of hydrogen-bond acceptors (Lipinski definition) is 4. The number of rotatable bonds is 5. The van der Waals surface area contributed by atoms with Gasteiger partial charge in [0.1, 0.15) is 11.6 Å². The highest BCUT2D eigenvalue weighted by Crippen LogP contribution is 2.21. The maximum atomic E-state index is 13.9. The van der Waals surface area contributed by atoms with E-state index in [1.807, 2.05) is 0 Å². The Morgan fingerprint density at radius 3 is 2.73 bits per heavy atom. The first-order valence-electron chi connectivity index (χ1n) is 7.84. The average Bonchev–Trinajstić information content (AvgIpc) is 3.27. The van der Waals surface area contributed by atoms with Gasteiger partial charge in [0.25, 0.3) is 11.8 Å². The third kappa shape index (κ3) is 3.64. The lowest BCUT2D eigenvalue weighted by molar-refractivity contribution is 0.0933. The van der Waals surface area contributed by atoms with Crippen molar-refractivity contribution in [1.29, 1.82) is 0 Å². The molecule has 134 valence electrons. The first-order valence-corrected chi connectivity index (χ1v) is 7.84. The second kappa shape index (κ2) is 7.22. The molecule has 0 radical (unpaired) electrons. The first-order chi connectivity index (χ1) is 12.5. The number of aromatic nitrogens is 2. The molecule has 0 unspecified atom stereocenters. The number of hydrogen-bond donors (Lipinski definition) is 2. The standard InChI is InChI=1S/C18H17FN4O3/c1-20-18(25)16-4-3-14(26-16)8-22-17(24)12-5-11(6-13(19)7-12)15-9-21-10-23(15)2/h3-7,9-10H,8H2,1-2H3,(H,20,25)(H,22,24). The van der Waals surface area contributed by atoms with Crippen LogP contribution in [0.15, 0.2) is 47.3 Å². The minimum Gasteiger partial charge on any atom is -0.454 e. The summed E-state index contributed by atoms with van der Waals surface area (Å²) >= 11 is 0. The Morgan fingerprint density at radius 2 is 2.04 bits per heavy atom. The topological polar surface area (TPSA) is 89.2 Å². The molecule has 3 aromatic rings. The summed E-state index contributed by atoms with van der Waals surface area (Å²) in [5.41, 5.74) is 1.43. The lowest BCUT2D eigenvalue weighted by atomic mass is 10.1. The molecular weight excluding hydrogens is 339 g/mol. The number of halogens is 1. The molecule has 2 aromatic heterocycles. The van der Waals surface area contributed by atoms with Crippen LogP contribution in [-0.4, -0.2) is 28.4 Å². The van der Waals surface area contributed by atoms with Crippen molar-refractivity contribution in [1.82, 2.24) is 20.2 Å². The number of imidazole rings is 1. The number of nitrogens with one attached hydrogen (secondary N) is 2. The number of benzene rings is 1. The van der Waals surface area contributed by atoms with Crippen molar-refractivity contribution in [3.63, 3.8) is 0 Å². The van der Waals surface area contributed by atoms with Crippen LogP contribution in [0.25, 0.3) is 11.3 Å². The Labute approximate surface area is 148 Å². The van der Waals surface area contributed by atoms with E-state index in [2.05, 4.69) is 15.6 Å². The number of aryl methyl sites for hydroxylation is 1. The predicted molar refractivity (Wildman–Crippen MR) is 91.9 cm³/mol. The van der Waals surface area contributed by atoms with Crippen molar-refractivity contribution in [2.45, 2.75) is 6.54 Å². The van der Waals surface area contributed by atoms with Crippen molar-refractivity contribution < 1.29 is 18.4 Å². The molecule has 2 amide bonds. The second-order valence-electron chi connectivity index (χ2n) is 5.65. The van der Waals surface area contributed by atoms with Gasteiger partial charge in [0.2, 0.25) is 0 Å². The van der Waals surface area contributed by atoms with Gasteiger partial charge >= 0.3 is 0 Å². The van der Waals surface area contributed by atoms with E-state index in [9.17, 15) is 14.0 Å².